The van der Waals surface area contributed by atoms with Crippen LogP contribution in [0.15, 0.2) is 22.7 Å². The third kappa shape index (κ3) is 3.09. The first-order valence-electron chi connectivity index (χ1n) is 6.13. The van der Waals surface area contributed by atoms with E-state index in [9.17, 15) is 4.79 Å². The van der Waals surface area contributed by atoms with E-state index in [-0.39, 0.29) is 0 Å². The van der Waals surface area contributed by atoms with Gasteiger partial charge in [-0.2, -0.15) is 0 Å². The second kappa shape index (κ2) is 5.21. The van der Waals surface area contributed by atoms with Crippen LogP contribution in [0.25, 0.3) is 0 Å². The van der Waals surface area contributed by atoms with E-state index in [1.54, 1.807) is 0 Å². The summed E-state index contributed by atoms with van der Waals surface area (Å²) in [6, 6.07) is 6.30. The molecule has 3 heteroatoms. The maximum atomic E-state index is 10.7. The summed E-state index contributed by atoms with van der Waals surface area (Å²) in [5.41, 5.74) is 1.91. The van der Waals surface area contributed by atoms with Gasteiger partial charge in [0.25, 0.3) is 0 Å². The van der Waals surface area contributed by atoms with E-state index < -0.39 is 0 Å². The number of nitrogens with zero attached hydrogens (tertiary/aromatic N) is 1. The molecular formula is C14H18BrNO. The van der Waals surface area contributed by atoms with Gasteiger partial charge in [0, 0.05) is 22.6 Å². The Morgan fingerprint density at radius 1 is 1.47 bits per heavy atom. The van der Waals surface area contributed by atoms with Gasteiger partial charge in [-0.15, -0.1) is 0 Å². The summed E-state index contributed by atoms with van der Waals surface area (Å²) in [6.07, 6.45) is 3.59. The highest BCUT2D eigenvalue weighted by Crippen LogP contribution is 2.35. The highest BCUT2D eigenvalue weighted by molar-refractivity contribution is 9.10. The summed E-state index contributed by atoms with van der Waals surface area (Å²) in [4.78, 5) is 13.1. The minimum Gasteiger partial charge on any atom is -0.368 e. The fourth-order valence-corrected chi connectivity index (χ4v) is 2.62. The van der Waals surface area contributed by atoms with Gasteiger partial charge in [0.1, 0.15) is 6.29 Å². The molecule has 0 amide bonds. The number of hydrogen-bond acceptors (Lipinski definition) is 2. The molecule has 17 heavy (non-hydrogen) atoms. The summed E-state index contributed by atoms with van der Waals surface area (Å²) in [5.74, 6) is 0.857. The minimum atomic E-state index is 0.481. The van der Waals surface area contributed by atoms with Crippen LogP contribution in [0.4, 0.5) is 5.69 Å². The van der Waals surface area contributed by atoms with Crippen LogP contribution in [0.5, 0.6) is 0 Å². The van der Waals surface area contributed by atoms with Gasteiger partial charge in [-0.05, 0) is 66.7 Å². The van der Waals surface area contributed by atoms with E-state index in [0.29, 0.717) is 6.04 Å². The predicted octanol–water partition coefficient (Wildman–Crippen LogP) is 3.89. The van der Waals surface area contributed by atoms with Gasteiger partial charge >= 0.3 is 0 Å². The van der Waals surface area contributed by atoms with E-state index in [1.807, 2.05) is 18.2 Å². The zero-order valence-corrected chi connectivity index (χ0v) is 11.9. The molecule has 0 saturated heterocycles. The molecule has 1 aliphatic carbocycles. The van der Waals surface area contributed by atoms with Gasteiger partial charge in [0.15, 0.2) is 0 Å². The molecule has 1 aliphatic rings. The molecule has 0 unspecified atom stereocenters. The molecule has 0 heterocycles. The fourth-order valence-electron chi connectivity index (χ4n) is 2.00. The number of benzene rings is 1. The molecule has 0 radical (unpaired) electrons. The second-order valence-corrected chi connectivity index (χ2v) is 5.87. The number of anilines is 1. The number of halogens is 1. The highest BCUT2D eigenvalue weighted by atomic mass is 79.9. The van der Waals surface area contributed by atoms with Gasteiger partial charge < -0.3 is 4.90 Å². The van der Waals surface area contributed by atoms with E-state index in [2.05, 4.69) is 34.7 Å². The Bertz CT molecular complexity index is 413. The van der Waals surface area contributed by atoms with Crippen molar-refractivity contribution in [2.75, 3.05) is 11.4 Å². The van der Waals surface area contributed by atoms with Crippen LogP contribution >= 0.6 is 15.9 Å². The SMILES string of the molecule is CC(C)N(CC1CC1)c1ccc(C=O)cc1Br. The van der Waals surface area contributed by atoms with Gasteiger partial charge in [0.05, 0.1) is 5.69 Å². The largest absolute Gasteiger partial charge is 0.368 e. The summed E-state index contributed by atoms with van der Waals surface area (Å²) in [5, 5.41) is 0. The third-order valence-electron chi connectivity index (χ3n) is 3.19. The molecular weight excluding hydrogens is 278 g/mol. The monoisotopic (exact) mass is 295 g/mol. The number of hydrogen-bond donors (Lipinski definition) is 0. The molecule has 1 aromatic rings. The van der Waals surface area contributed by atoms with Gasteiger partial charge in [-0.25, -0.2) is 0 Å². The van der Waals surface area contributed by atoms with E-state index >= 15 is 0 Å². The van der Waals surface area contributed by atoms with Crippen LogP contribution in [0.2, 0.25) is 0 Å². The lowest BCUT2D eigenvalue weighted by atomic mass is 10.1. The molecule has 1 saturated carbocycles. The quantitative estimate of drug-likeness (QED) is 0.768. The van der Waals surface area contributed by atoms with Crippen molar-refractivity contribution in [2.45, 2.75) is 32.7 Å². The van der Waals surface area contributed by atoms with Crippen LogP contribution < -0.4 is 4.90 Å². The Hall–Kier alpha value is -0.830. The molecule has 92 valence electrons. The van der Waals surface area contributed by atoms with Crippen molar-refractivity contribution in [1.82, 2.24) is 0 Å². The lowest BCUT2D eigenvalue weighted by Crippen LogP contribution is -2.33. The minimum absolute atomic E-state index is 0.481. The maximum Gasteiger partial charge on any atom is 0.150 e. The van der Waals surface area contributed by atoms with Crippen LogP contribution in [-0.4, -0.2) is 18.9 Å². The first-order valence-corrected chi connectivity index (χ1v) is 6.92. The van der Waals surface area contributed by atoms with E-state index in [0.717, 1.165) is 28.8 Å². The summed E-state index contributed by atoms with van der Waals surface area (Å²) in [6.45, 7) is 5.54. The predicted molar refractivity (Wildman–Crippen MR) is 74.7 cm³/mol. The number of carbonyl (C=O) groups is 1. The first kappa shape index (κ1) is 12.6. The molecule has 0 spiro atoms. The Kier molecular flexibility index (Phi) is 3.87. The second-order valence-electron chi connectivity index (χ2n) is 5.02. The lowest BCUT2D eigenvalue weighted by molar-refractivity contribution is 0.112. The van der Waals surface area contributed by atoms with Crippen molar-refractivity contribution in [3.63, 3.8) is 0 Å². The van der Waals surface area contributed by atoms with E-state index in [1.165, 1.54) is 18.5 Å². The Balaban J connectivity index is 2.24. The summed E-state index contributed by atoms with van der Waals surface area (Å²) in [7, 11) is 0. The van der Waals surface area contributed by atoms with Crippen molar-refractivity contribution in [3.05, 3.63) is 28.2 Å². The van der Waals surface area contributed by atoms with Gasteiger partial charge in [-0.3, -0.25) is 4.79 Å². The smallest absolute Gasteiger partial charge is 0.150 e. The molecule has 2 rings (SSSR count). The Labute approximate surface area is 111 Å². The average molecular weight is 296 g/mol. The van der Waals surface area contributed by atoms with Crippen LogP contribution in [-0.2, 0) is 0 Å². The standard InChI is InChI=1S/C14H18BrNO/c1-10(2)16(8-11-3-4-11)14-6-5-12(9-17)7-13(14)15/h5-7,9-11H,3-4,8H2,1-2H3. The normalized spacial score (nSPS) is 15.1. The molecule has 0 N–H and O–H groups in total. The molecule has 1 aromatic carbocycles. The molecule has 0 aliphatic heterocycles. The Morgan fingerprint density at radius 2 is 2.18 bits per heavy atom. The van der Waals surface area contributed by atoms with E-state index in [4.69, 9.17) is 0 Å². The molecule has 0 bridgehead atoms. The summed E-state index contributed by atoms with van der Waals surface area (Å²) < 4.78 is 1.01. The average Bonchev–Trinajstić information content (AvgIpc) is 3.10. The summed E-state index contributed by atoms with van der Waals surface area (Å²) >= 11 is 3.57. The van der Waals surface area contributed by atoms with Crippen molar-refractivity contribution in [2.24, 2.45) is 5.92 Å². The molecule has 0 atom stereocenters. The number of rotatable bonds is 5. The van der Waals surface area contributed by atoms with Crippen LogP contribution in [0, 0.1) is 5.92 Å². The molecule has 2 nitrogen and oxygen atoms in total. The van der Waals surface area contributed by atoms with Gasteiger partial charge in [-0.1, -0.05) is 0 Å². The van der Waals surface area contributed by atoms with Crippen LogP contribution in [0.1, 0.15) is 37.0 Å². The fraction of sp³-hybridized carbons (Fsp3) is 0.500. The van der Waals surface area contributed by atoms with Crippen molar-refractivity contribution < 1.29 is 4.79 Å². The van der Waals surface area contributed by atoms with Gasteiger partial charge in [0.2, 0.25) is 0 Å². The van der Waals surface area contributed by atoms with Crippen molar-refractivity contribution >= 4 is 27.9 Å². The molecule has 1 fully saturated rings. The zero-order chi connectivity index (χ0) is 12.4. The zero-order valence-electron chi connectivity index (χ0n) is 10.3. The number of aldehydes is 1. The third-order valence-corrected chi connectivity index (χ3v) is 3.83. The van der Waals surface area contributed by atoms with Crippen molar-refractivity contribution in [3.8, 4) is 0 Å². The highest BCUT2D eigenvalue weighted by Gasteiger charge is 2.26. The Morgan fingerprint density at radius 3 is 2.65 bits per heavy atom. The van der Waals surface area contributed by atoms with Crippen LogP contribution in [0.3, 0.4) is 0 Å². The molecule has 0 aromatic heterocycles. The number of carbonyl (C=O) groups excluding carboxylic acids is 1. The first-order chi connectivity index (χ1) is 8.11. The topological polar surface area (TPSA) is 20.3 Å². The maximum absolute atomic E-state index is 10.7. The van der Waals surface area contributed by atoms with Crippen molar-refractivity contribution in [1.29, 1.82) is 0 Å². The lowest BCUT2D eigenvalue weighted by Gasteiger charge is -2.30.